The third-order valence-electron chi connectivity index (χ3n) is 1.61. The van der Waals surface area contributed by atoms with Crippen LogP contribution in [0.5, 0.6) is 0 Å². The van der Waals surface area contributed by atoms with Gasteiger partial charge in [-0.3, -0.25) is 4.79 Å². The van der Waals surface area contributed by atoms with Crippen molar-refractivity contribution >= 4 is 21.9 Å². The molecule has 4 heteroatoms. The number of ether oxygens (including phenoxy) is 1. The number of carbonyl (C=O) groups is 1. The summed E-state index contributed by atoms with van der Waals surface area (Å²) in [5, 5.41) is 0. The Balaban J connectivity index is 2.72. The van der Waals surface area contributed by atoms with Gasteiger partial charge in [-0.05, 0) is 34.1 Å². The molecule has 0 aliphatic rings. The van der Waals surface area contributed by atoms with E-state index in [1.165, 1.54) is 13.2 Å². The first-order valence-corrected chi connectivity index (χ1v) is 4.93. The molecule has 0 saturated carbocycles. The van der Waals surface area contributed by atoms with Crippen LogP contribution < -0.4 is 0 Å². The number of benzene rings is 1. The lowest BCUT2D eigenvalue weighted by atomic mass is 10.2. The number of hydrogen-bond donors (Lipinski definition) is 0. The van der Waals surface area contributed by atoms with Crippen molar-refractivity contribution in [3.05, 3.63) is 34.1 Å². The van der Waals surface area contributed by atoms with Crippen LogP contribution in [0.2, 0.25) is 0 Å². The maximum Gasteiger partial charge on any atom is 0.317 e. The minimum absolute atomic E-state index is 0.00812. The van der Waals surface area contributed by atoms with Gasteiger partial charge in [0.15, 0.2) is 0 Å². The van der Waals surface area contributed by atoms with Gasteiger partial charge >= 0.3 is 5.97 Å². The molecule has 0 aliphatic carbocycles. The van der Waals surface area contributed by atoms with Gasteiger partial charge in [0.2, 0.25) is 0 Å². The minimum Gasteiger partial charge on any atom is -0.468 e. The molecule has 15 heavy (non-hydrogen) atoms. The van der Waals surface area contributed by atoms with Crippen LogP contribution in [0.25, 0.3) is 0 Å². The summed E-state index contributed by atoms with van der Waals surface area (Å²) in [7, 11) is 1.29. The summed E-state index contributed by atoms with van der Waals surface area (Å²) in [5.74, 6) is 4.48. The second-order valence-corrected chi connectivity index (χ2v) is 3.54. The van der Waals surface area contributed by atoms with Gasteiger partial charge in [0.05, 0.1) is 11.6 Å². The first-order valence-electron chi connectivity index (χ1n) is 4.14. The van der Waals surface area contributed by atoms with Gasteiger partial charge in [-0.2, -0.15) is 0 Å². The van der Waals surface area contributed by atoms with Gasteiger partial charge in [0.25, 0.3) is 0 Å². The fraction of sp³-hybridized carbons (Fsp3) is 0.182. The van der Waals surface area contributed by atoms with E-state index in [0.29, 0.717) is 10.0 Å². The normalized spacial score (nSPS) is 9.00. The highest BCUT2D eigenvalue weighted by molar-refractivity contribution is 9.10. The summed E-state index contributed by atoms with van der Waals surface area (Å²) in [6.45, 7) is 0. The van der Waals surface area contributed by atoms with Gasteiger partial charge in [0.1, 0.15) is 12.2 Å². The van der Waals surface area contributed by atoms with Crippen molar-refractivity contribution in [2.75, 3.05) is 7.11 Å². The summed E-state index contributed by atoms with van der Waals surface area (Å²) < 4.78 is 17.8. The second kappa shape index (κ2) is 5.52. The summed E-state index contributed by atoms with van der Waals surface area (Å²) >= 11 is 3.03. The van der Waals surface area contributed by atoms with Crippen LogP contribution in [0.1, 0.15) is 12.0 Å². The molecule has 0 spiro atoms. The Morgan fingerprint density at radius 1 is 1.60 bits per heavy atom. The molecule has 0 amide bonds. The Hall–Kier alpha value is -1.34. The van der Waals surface area contributed by atoms with Gasteiger partial charge in [-0.15, -0.1) is 0 Å². The summed E-state index contributed by atoms with van der Waals surface area (Å²) in [6, 6.07) is 4.53. The molecule has 0 atom stereocenters. The molecule has 0 N–H and O–H groups in total. The zero-order valence-corrected chi connectivity index (χ0v) is 9.60. The lowest BCUT2D eigenvalue weighted by Crippen LogP contribution is -1.97. The molecule has 0 saturated heterocycles. The third kappa shape index (κ3) is 3.72. The monoisotopic (exact) mass is 270 g/mol. The van der Waals surface area contributed by atoms with Crippen molar-refractivity contribution in [1.29, 1.82) is 0 Å². The number of methoxy groups -OCH3 is 1. The summed E-state index contributed by atoms with van der Waals surface area (Å²) in [6.07, 6.45) is 0.00812. The van der Waals surface area contributed by atoms with Crippen molar-refractivity contribution in [1.82, 2.24) is 0 Å². The predicted octanol–water partition coefficient (Wildman–Crippen LogP) is 2.50. The molecule has 1 aromatic carbocycles. The Bertz CT molecular complexity index is 432. The zero-order valence-electron chi connectivity index (χ0n) is 8.01. The number of halogens is 2. The Morgan fingerprint density at radius 3 is 2.93 bits per heavy atom. The van der Waals surface area contributed by atoms with E-state index in [0.717, 1.165) is 0 Å². The van der Waals surface area contributed by atoms with Crippen LogP contribution in [0.3, 0.4) is 0 Å². The highest BCUT2D eigenvalue weighted by Gasteiger charge is 1.98. The van der Waals surface area contributed by atoms with E-state index in [4.69, 9.17) is 0 Å². The molecule has 78 valence electrons. The molecule has 2 nitrogen and oxygen atoms in total. The van der Waals surface area contributed by atoms with Crippen molar-refractivity contribution in [3.63, 3.8) is 0 Å². The molecular weight excluding hydrogens is 263 g/mol. The smallest absolute Gasteiger partial charge is 0.317 e. The van der Waals surface area contributed by atoms with Crippen LogP contribution in [0.4, 0.5) is 4.39 Å². The van der Waals surface area contributed by atoms with E-state index >= 15 is 0 Å². The number of rotatable bonds is 1. The number of esters is 1. The van der Waals surface area contributed by atoms with Crippen LogP contribution >= 0.6 is 15.9 Å². The fourth-order valence-electron chi connectivity index (χ4n) is 0.864. The molecule has 0 heterocycles. The average Bonchev–Trinajstić information content (AvgIpc) is 2.23. The largest absolute Gasteiger partial charge is 0.468 e. The molecule has 0 aromatic heterocycles. The van der Waals surface area contributed by atoms with E-state index in [2.05, 4.69) is 32.5 Å². The summed E-state index contributed by atoms with van der Waals surface area (Å²) in [4.78, 5) is 10.7. The Kier molecular flexibility index (Phi) is 4.32. The molecule has 0 aliphatic heterocycles. The Labute approximate surface area is 95.6 Å². The third-order valence-corrected chi connectivity index (χ3v) is 2.26. The zero-order chi connectivity index (χ0) is 11.3. The van der Waals surface area contributed by atoms with E-state index in [1.807, 2.05) is 0 Å². The van der Waals surface area contributed by atoms with Crippen LogP contribution in [0, 0.1) is 17.7 Å². The first kappa shape index (κ1) is 11.7. The topological polar surface area (TPSA) is 26.3 Å². The number of carbonyl (C=O) groups excluding carboxylic acids is 1. The van der Waals surface area contributed by atoms with Crippen molar-refractivity contribution < 1.29 is 13.9 Å². The SMILES string of the molecule is COC(=O)CC#Cc1ccc(Br)c(F)c1. The average molecular weight is 271 g/mol. The minimum atomic E-state index is -0.403. The maximum absolute atomic E-state index is 13.0. The molecule has 0 unspecified atom stereocenters. The molecule has 0 fully saturated rings. The fourth-order valence-corrected chi connectivity index (χ4v) is 1.11. The first-order chi connectivity index (χ1) is 7.13. The van der Waals surface area contributed by atoms with E-state index in [-0.39, 0.29) is 12.2 Å². The van der Waals surface area contributed by atoms with Gasteiger partial charge in [0, 0.05) is 5.56 Å². The van der Waals surface area contributed by atoms with Crippen LogP contribution in [-0.2, 0) is 9.53 Å². The molecule has 0 radical (unpaired) electrons. The molecular formula is C11H8BrFO2. The molecule has 1 rings (SSSR count). The van der Waals surface area contributed by atoms with E-state index < -0.39 is 5.97 Å². The maximum atomic E-state index is 13.0. The van der Waals surface area contributed by atoms with Gasteiger partial charge in [-0.25, -0.2) is 4.39 Å². The molecule has 1 aromatic rings. The number of hydrogen-bond acceptors (Lipinski definition) is 2. The highest BCUT2D eigenvalue weighted by Crippen LogP contribution is 2.15. The lowest BCUT2D eigenvalue weighted by molar-refractivity contribution is -0.139. The predicted molar refractivity (Wildman–Crippen MR) is 57.6 cm³/mol. The second-order valence-electron chi connectivity index (χ2n) is 2.68. The van der Waals surface area contributed by atoms with Crippen LogP contribution in [-0.4, -0.2) is 13.1 Å². The van der Waals surface area contributed by atoms with E-state index in [1.54, 1.807) is 12.1 Å². The van der Waals surface area contributed by atoms with E-state index in [9.17, 15) is 9.18 Å². The standard InChI is InChI=1S/C11H8BrFO2/c1-15-11(14)4-2-3-8-5-6-9(12)10(13)7-8/h5-7H,4H2,1H3. The Morgan fingerprint density at radius 2 is 2.33 bits per heavy atom. The summed E-state index contributed by atoms with van der Waals surface area (Å²) in [5.41, 5.74) is 0.527. The highest BCUT2D eigenvalue weighted by atomic mass is 79.9. The van der Waals surface area contributed by atoms with Crippen LogP contribution in [0.15, 0.2) is 22.7 Å². The van der Waals surface area contributed by atoms with Gasteiger partial charge in [-0.1, -0.05) is 11.8 Å². The van der Waals surface area contributed by atoms with Gasteiger partial charge < -0.3 is 4.74 Å². The van der Waals surface area contributed by atoms with Crippen molar-refractivity contribution in [2.24, 2.45) is 0 Å². The quantitative estimate of drug-likeness (QED) is 0.579. The molecule has 0 bridgehead atoms. The lowest BCUT2D eigenvalue weighted by Gasteiger charge is -1.94. The van der Waals surface area contributed by atoms with Crippen molar-refractivity contribution in [2.45, 2.75) is 6.42 Å². The van der Waals surface area contributed by atoms with Crippen molar-refractivity contribution in [3.8, 4) is 11.8 Å².